The lowest BCUT2D eigenvalue weighted by atomic mass is 9.30. The van der Waals surface area contributed by atoms with Gasteiger partial charge >= 0.3 is 5.97 Å². The zero-order valence-electron chi connectivity index (χ0n) is 37.0. The van der Waals surface area contributed by atoms with Crippen LogP contribution in [0.3, 0.4) is 0 Å². The summed E-state index contributed by atoms with van der Waals surface area (Å²) in [5, 5.41) is 9.56. The maximum atomic E-state index is 11.7. The molecule has 0 bridgehead atoms. The van der Waals surface area contributed by atoms with Gasteiger partial charge in [0.2, 0.25) is 13.4 Å². The molecule has 0 saturated heterocycles. The number of hydrogen-bond donors (Lipinski definition) is 1. The van der Waals surface area contributed by atoms with Crippen LogP contribution in [0.4, 0.5) is 17.1 Å². The maximum absolute atomic E-state index is 11.7. The summed E-state index contributed by atoms with van der Waals surface area (Å²) >= 11 is 0. The highest BCUT2D eigenvalue weighted by Gasteiger charge is 2.43. The Labute approximate surface area is 399 Å². The lowest BCUT2D eigenvalue weighted by Gasteiger charge is -2.44. The third-order valence-corrected chi connectivity index (χ3v) is 13.3. The maximum Gasteiger partial charge on any atom is 0.335 e. The van der Waals surface area contributed by atoms with E-state index < -0.39 is 5.97 Å². The fourth-order valence-corrected chi connectivity index (χ4v) is 10.1. The molecule has 1 aromatic heterocycles. The largest absolute Gasteiger partial charge is 0.478 e. The lowest BCUT2D eigenvalue weighted by molar-refractivity contribution is -0.120. The molecule has 1 N–H and O–H groups in total. The minimum atomic E-state index is -0.951. The third kappa shape index (κ3) is 7.45. The molecule has 324 valence electrons. The van der Waals surface area contributed by atoms with Gasteiger partial charge in [-0.05, 0) is 80.5 Å². The Morgan fingerprint density at radius 1 is 0.435 bits per heavy atom. The first-order chi connectivity index (χ1) is 34.0. The van der Waals surface area contributed by atoms with Gasteiger partial charge in [0, 0.05) is 33.8 Å². The average Bonchev–Trinajstić information content (AvgIpc) is 3.41. The Hall–Kier alpha value is -9.14. The number of carboxylic acid groups (broad SMARTS) is 1. The molecular weight excluding hydrogens is 850 g/mol. The summed E-state index contributed by atoms with van der Waals surface area (Å²) < 4.78 is 5.07. The number of anilines is 3. The number of rotatable bonds is 10. The highest BCUT2D eigenvalue weighted by atomic mass is 16.5. The molecule has 0 amide bonds. The molecule has 0 radical (unpaired) electrons. The molecule has 0 atom stereocenters. The molecule has 9 aromatic carbocycles. The van der Waals surface area contributed by atoms with Crippen molar-refractivity contribution < 1.29 is 19.4 Å². The van der Waals surface area contributed by atoms with Crippen molar-refractivity contribution in [2.24, 2.45) is 0 Å². The smallest absolute Gasteiger partial charge is 0.335 e. The number of ether oxygens (including phenoxy) is 1. The Morgan fingerprint density at radius 3 is 1.26 bits per heavy atom. The number of aromatic carboxylic acids is 1. The van der Waals surface area contributed by atoms with Crippen molar-refractivity contribution in [2.75, 3.05) is 4.90 Å². The number of para-hydroxylation sites is 2. The van der Waals surface area contributed by atoms with Crippen LogP contribution in [0, 0.1) is 0 Å². The molecule has 0 aliphatic carbocycles. The van der Waals surface area contributed by atoms with E-state index in [0.717, 1.165) is 77.9 Å². The number of carbonyl (C=O) groups is 2. The normalized spacial score (nSPS) is 12.1. The minimum Gasteiger partial charge on any atom is -0.478 e. The number of carbonyl (C=O) groups excluding carboxylic acids is 1. The predicted molar refractivity (Wildman–Crippen MR) is 278 cm³/mol. The molecule has 12 rings (SSSR count). The first kappa shape index (κ1) is 41.3. The summed E-state index contributed by atoms with van der Waals surface area (Å²) in [6.45, 7) is 0.0855. The van der Waals surface area contributed by atoms with Gasteiger partial charge in [-0.15, -0.1) is 0 Å². The first-order valence-electron chi connectivity index (χ1n) is 22.8. The second-order valence-electron chi connectivity index (χ2n) is 17.2. The third-order valence-electron chi connectivity index (χ3n) is 13.3. The monoisotopic (exact) mass is 888 g/mol. The summed E-state index contributed by atoms with van der Waals surface area (Å²) in [4.78, 5) is 40.7. The molecule has 10 aromatic rings. The Morgan fingerprint density at radius 2 is 0.826 bits per heavy atom. The van der Waals surface area contributed by atoms with Crippen molar-refractivity contribution in [1.82, 2.24) is 15.0 Å². The van der Waals surface area contributed by atoms with Crippen molar-refractivity contribution >= 4 is 75.7 Å². The van der Waals surface area contributed by atoms with Gasteiger partial charge in [-0.3, -0.25) is 4.79 Å². The fraction of sp³-hybridized carbons (Fsp3) is 0. The van der Waals surface area contributed by atoms with E-state index >= 15 is 0 Å². The van der Waals surface area contributed by atoms with Crippen molar-refractivity contribution in [2.45, 2.75) is 0 Å². The minimum absolute atomic E-state index is 0.172. The Bertz CT molecular complexity index is 3520. The number of fused-ring (bicyclic) bond motifs is 4. The molecule has 3 heterocycles. The van der Waals surface area contributed by atoms with Crippen LogP contribution >= 0.6 is 0 Å². The fourth-order valence-electron chi connectivity index (χ4n) is 10.1. The van der Waals surface area contributed by atoms with Crippen molar-refractivity contribution in [3.63, 3.8) is 0 Å². The van der Waals surface area contributed by atoms with E-state index in [1.165, 1.54) is 10.9 Å². The zero-order chi connectivity index (χ0) is 46.4. The quantitative estimate of drug-likeness (QED) is 0.108. The second-order valence-corrected chi connectivity index (χ2v) is 17.2. The van der Waals surface area contributed by atoms with E-state index in [4.69, 9.17) is 19.7 Å². The number of carboxylic acids is 1. The van der Waals surface area contributed by atoms with E-state index in [1.807, 2.05) is 84.9 Å². The predicted octanol–water partition coefficient (Wildman–Crippen LogP) is 8.57. The van der Waals surface area contributed by atoms with Crippen LogP contribution < -0.4 is 42.4 Å². The molecule has 0 spiro atoms. The van der Waals surface area contributed by atoms with Gasteiger partial charge in [0.25, 0.3) is 6.47 Å². The molecule has 2 aliphatic heterocycles. The van der Waals surface area contributed by atoms with Gasteiger partial charge < -0.3 is 14.7 Å². The van der Waals surface area contributed by atoms with Crippen LogP contribution in [0.25, 0.3) is 56.4 Å². The summed E-state index contributed by atoms with van der Waals surface area (Å²) in [5.74, 6) is 1.29. The first-order valence-corrected chi connectivity index (χ1v) is 22.8. The lowest BCUT2D eigenvalue weighted by Crippen LogP contribution is -2.65. The molecule has 8 nitrogen and oxygen atoms in total. The van der Waals surface area contributed by atoms with E-state index in [0.29, 0.717) is 29.7 Å². The van der Waals surface area contributed by atoms with Crippen LogP contribution in [0.5, 0.6) is 5.75 Å². The summed E-state index contributed by atoms with van der Waals surface area (Å²) in [5.41, 5.74) is 17.1. The molecule has 0 saturated carbocycles. The number of benzene rings is 9. The van der Waals surface area contributed by atoms with Crippen molar-refractivity contribution in [3.05, 3.63) is 224 Å². The molecular formula is C59H38B2N4O4. The van der Waals surface area contributed by atoms with Crippen LogP contribution in [-0.4, -0.2) is 45.9 Å². The summed E-state index contributed by atoms with van der Waals surface area (Å²) in [7, 11) is 0. The average molecular weight is 889 g/mol. The van der Waals surface area contributed by atoms with Gasteiger partial charge in [0.15, 0.2) is 17.5 Å². The van der Waals surface area contributed by atoms with E-state index in [-0.39, 0.29) is 19.0 Å². The highest BCUT2D eigenvalue weighted by molar-refractivity contribution is 7.02. The van der Waals surface area contributed by atoms with Crippen LogP contribution in [0.2, 0.25) is 0 Å². The molecule has 0 fully saturated rings. The van der Waals surface area contributed by atoms with Crippen molar-refractivity contribution in [3.8, 4) is 62.2 Å². The Balaban J connectivity index is 1.09. The zero-order valence-corrected chi connectivity index (χ0v) is 37.0. The van der Waals surface area contributed by atoms with E-state index in [9.17, 15) is 14.7 Å². The number of hydrogen-bond acceptors (Lipinski definition) is 7. The molecule has 0 unspecified atom stereocenters. The highest BCUT2D eigenvalue weighted by Crippen LogP contribution is 2.39. The van der Waals surface area contributed by atoms with E-state index in [2.05, 4.69) is 114 Å². The van der Waals surface area contributed by atoms with Gasteiger partial charge in [0.1, 0.15) is 5.75 Å². The van der Waals surface area contributed by atoms with Gasteiger partial charge in [-0.1, -0.05) is 193 Å². The molecule has 69 heavy (non-hydrogen) atoms. The topological polar surface area (TPSA) is 106 Å². The van der Waals surface area contributed by atoms with Crippen molar-refractivity contribution in [1.29, 1.82) is 0 Å². The van der Waals surface area contributed by atoms with Crippen LogP contribution in [-0.2, 0) is 4.79 Å². The van der Waals surface area contributed by atoms with E-state index in [1.54, 1.807) is 24.3 Å². The van der Waals surface area contributed by atoms with Gasteiger partial charge in [0.05, 0.1) is 5.56 Å². The molecule has 10 heteroatoms. The number of aromatic nitrogens is 3. The SMILES string of the molecule is O=COc1ccc(-c2ccc(B3c4ccccc4N4c5ccccc5B(c5ccc(-c6ccc(C(=O)O)cc6)cc5)c5cc(-c6nc(-c7ccccc7)nc(-c7ccccc7)n6)cc3c54)cc2)cc1. The standard InChI is InChI=1S/C59H38B2N4O4/c66-37-69-48-33-27-41(28-34-48)40-25-31-47(32-26-40)61-50-16-8-10-18-54(50)65-53-17-9-7-15-49(53)60(46-29-23-39(24-30-46)38-19-21-44(22-20-38)59(67)68)51-35-45(36-52(61)55(51)65)58-63-56(42-11-3-1-4-12-42)62-57(64-58)43-13-5-2-6-14-43/h1-37H,(H,67,68). The molecule has 2 aliphatic rings. The summed E-state index contributed by atoms with van der Waals surface area (Å²) in [6, 6.07) is 74.1. The van der Waals surface area contributed by atoms with Gasteiger partial charge in [-0.2, -0.15) is 0 Å². The second kappa shape index (κ2) is 17.3. The Kier molecular flexibility index (Phi) is 10.3. The van der Waals surface area contributed by atoms with Crippen LogP contribution in [0.15, 0.2) is 218 Å². The van der Waals surface area contributed by atoms with Gasteiger partial charge in [-0.25, -0.2) is 19.7 Å². The summed E-state index contributed by atoms with van der Waals surface area (Å²) in [6.07, 6.45) is 0. The van der Waals surface area contributed by atoms with Crippen LogP contribution in [0.1, 0.15) is 10.4 Å². The number of nitrogens with zero attached hydrogens (tertiary/aromatic N) is 4.